The van der Waals surface area contributed by atoms with Crippen molar-refractivity contribution in [2.24, 2.45) is 0 Å². The standard InChI is InChI=1S/C12H16Cl2O/c1-8(2)15-9(3)7-10-11(13)5-4-6-12(10)14/h4-6,8-9H,7H2,1-3H3. The topological polar surface area (TPSA) is 9.23 Å². The second kappa shape index (κ2) is 5.74. The first-order chi connectivity index (χ1) is 7.00. The average molecular weight is 247 g/mol. The van der Waals surface area contributed by atoms with Gasteiger partial charge in [0.15, 0.2) is 0 Å². The molecule has 15 heavy (non-hydrogen) atoms. The Bertz CT molecular complexity index is 303. The maximum atomic E-state index is 6.07. The number of hydrogen-bond donors (Lipinski definition) is 0. The minimum absolute atomic E-state index is 0.127. The zero-order valence-corrected chi connectivity index (χ0v) is 10.8. The summed E-state index contributed by atoms with van der Waals surface area (Å²) in [5.74, 6) is 0. The van der Waals surface area contributed by atoms with Crippen molar-refractivity contribution >= 4 is 23.2 Å². The molecular formula is C12H16Cl2O. The number of halogens is 2. The molecule has 3 heteroatoms. The number of benzene rings is 1. The lowest BCUT2D eigenvalue weighted by Gasteiger charge is -2.17. The third-order valence-electron chi connectivity index (χ3n) is 2.06. The SMILES string of the molecule is CC(C)OC(C)Cc1c(Cl)cccc1Cl. The Hall–Kier alpha value is -0.240. The summed E-state index contributed by atoms with van der Waals surface area (Å²) in [6, 6.07) is 5.55. The zero-order valence-electron chi connectivity index (χ0n) is 9.26. The lowest BCUT2D eigenvalue weighted by molar-refractivity contribution is 0.0195. The van der Waals surface area contributed by atoms with Gasteiger partial charge < -0.3 is 4.74 Å². The molecule has 0 radical (unpaired) electrons. The molecule has 1 atom stereocenters. The molecule has 0 N–H and O–H groups in total. The van der Waals surface area contributed by atoms with Gasteiger partial charge in [0.05, 0.1) is 12.2 Å². The molecule has 0 saturated carbocycles. The van der Waals surface area contributed by atoms with Crippen LogP contribution in [0.4, 0.5) is 0 Å². The first kappa shape index (κ1) is 12.8. The molecule has 0 bridgehead atoms. The molecule has 0 saturated heterocycles. The highest BCUT2D eigenvalue weighted by atomic mass is 35.5. The summed E-state index contributed by atoms with van der Waals surface area (Å²) in [4.78, 5) is 0. The Morgan fingerprint density at radius 2 is 1.67 bits per heavy atom. The van der Waals surface area contributed by atoms with Crippen LogP contribution in [-0.4, -0.2) is 12.2 Å². The minimum atomic E-state index is 0.127. The molecule has 84 valence electrons. The van der Waals surface area contributed by atoms with Gasteiger partial charge in [-0.1, -0.05) is 29.3 Å². The second-order valence-electron chi connectivity index (χ2n) is 3.90. The van der Waals surface area contributed by atoms with E-state index in [1.165, 1.54) is 0 Å². The van der Waals surface area contributed by atoms with E-state index in [9.17, 15) is 0 Å². The summed E-state index contributed by atoms with van der Waals surface area (Å²) >= 11 is 12.1. The van der Waals surface area contributed by atoms with Crippen LogP contribution in [0.2, 0.25) is 10.0 Å². The van der Waals surface area contributed by atoms with E-state index in [0.717, 1.165) is 12.0 Å². The highest BCUT2D eigenvalue weighted by molar-refractivity contribution is 6.35. The van der Waals surface area contributed by atoms with Crippen molar-refractivity contribution < 1.29 is 4.74 Å². The molecular weight excluding hydrogens is 231 g/mol. The molecule has 0 aliphatic heterocycles. The second-order valence-corrected chi connectivity index (χ2v) is 4.71. The van der Waals surface area contributed by atoms with Crippen molar-refractivity contribution in [1.29, 1.82) is 0 Å². The Morgan fingerprint density at radius 1 is 1.13 bits per heavy atom. The van der Waals surface area contributed by atoms with Crippen molar-refractivity contribution in [1.82, 2.24) is 0 Å². The van der Waals surface area contributed by atoms with Gasteiger partial charge in [-0.3, -0.25) is 0 Å². The Labute approximate surface area is 101 Å². The van der Waals surface area contributed by atoms with Gasteiger partial charge in [-0.2, -0.15) is 0 Å². The molecule has 0 fully saturated rings. The first-order valence-corrected chi connectivity index (χ1v) is 5.84. The van der Waals surface area contributed by atoms with Crippen molar-refractivity contribution in [2.75, 3.05) is 0 Å². The van der Waals surface area contributed by atoms with Gasteiger partial charge in [0.2, 0.25) is 0 Å². The summed E-state index contributed by atoms with van der Waals surface area (Å²) in [5.41, 5.74) is 0.967. The van der Waals surface area contributed by atoms with E-state index < -0.39 is 0 Å². The number of ether oxygens (including phenoxy) is 1. The van der Waals surface area contributed by atoms with Gasteiger partial charge in [-0.25, -0.2) is 0 Å². The first-order valence-electron chi connectivity index (χ1n) is 5.09. The van der Waals surface area contributed by atoms with Crippen molar-refractivity contribution in [3.05, 3.63) is 33.8 Å². The number of hydrogen-bond acceptors (Lipinski definition) is 1. The molecule has 0 spiro atoms. The van der Waals surface area contributed by atoms with Gasteiger partial charge in [0, 0.05) is 16.5 Å². The van der Waals surface area contributed by atoms with Crippen LogP contribution in [0.25, 0.3) is 0 Å². The minimum Gasteiger partial charge on any atom is -0.376 e. The van der Waals surface area contributed by atoms with Crippen molar-refractivity contribution in [3.8, 4) is 0 Å². The van der Waals surface area contributed by atoms with Crippen molar-refractivity contribution in [2.45, 2.75) is 39.4 Å². The van der Waals surface area contributed by atoms with Gasteiger partial charge in [-0.05, 0) is 38.5 Å². The van der Waals surface area contributed by atoms with Crippen LogP contribution < -0.4 is 0 Å². The summed E-state index contributed by atoms with van der Waals surface area (Å²) < 4.78 is 5.65. The molecule has 1 rings (SSSR count). The van der Waals surface area contributed by atoms with E-state index in [4.69, 9.17) is 27.9 Å². The predicted molar refractivity (Wildman–Crippen MR) is 65.8 cm³/mol. The average Bonchev–Trinajstić information content (AvgIpc) is 2.10. The maximum absolute atomic E-state index is 6.07. The van der Waals surface area contributed by atoms with Crippen LogP contribution in [0.3, 0.4) is 0 Å². The van der Waals surface area contributed by atoms with Gasteiger partial charge in [-0.15, -0.1) is 0 Å². The normalized spacial score (nSPS) is 13.2. The zero-order chi connectivity index (χ0) is 11.4. The monoisotopic (exact) mass is 246 g/mol. The third kappa shape index (κ3) is 4.02. The van der Waals surface area contributed by atoms with Crippen LogP contribution in [0, 0.1) is 0 Å². The molecule has 1 nitrogen and oxygen atoms in total. The summed E-state index contributed by atoms with van der Waals surface area (Å²) in [5, 5.41) is 1.42. The van der Waals surface area contributed by atoms with E-state index in [-0.39, 0.29) is 12.2 Å². The fraction of sp³-hybridized carbons (Fsp3) is 0.500. The fourth-order valence-electron chi connectivity index (χ4n) is 1.53. The molecule has 1 unspecified atom stereocenters. The largest absolute Gasteiger partial charge is 0.376 e. The van der Waals surface area contributed by atoms with E-state index in [1.807, 2.05) is 39.0 Å². The lowest BCUT2D eigenvalue weighted by atomic mass is 10.1. The van der Waals surface area contributed by atoms with Crippen LogP contribution in [0.5, 0.6) is 0 Å². The fourth-order valence-corrected chi connectivity index (χ4v) is 2.08. The molecule has 1 aromatic carbocycles. The van der Waals surface area contributed by atoms with Crippen LogP contribution in [-0.2, 0) is 11.2 Å². The summed E-state index contributed by atoms with van der Waals surface area (Å²) in [7, 11) is 0. The quantitative estimate of drug-likeness (QED) is 0.768. The van der Waals surface area contributed by atoms with E-state index in [1.54, 1.807) is 0 Å². The summed E-state index contributed by atoms with van der Waals surface area (Å²) in [6.45, 7) is 6.06. The molecule has 0 aliphatic carbocycles. The van der Waals surface area contributed by atoms with Crippen LogP contribution >= 0.6 is 23.2 Å². The van der Waals surface area contributed by atoms with Crippen LogP contribution in [0.1, 0.15) is 26.3 Å². The highest BCUT2D eigenvalue weighted by Gasteiger charge is 2.11. The molecule has 0 amide bonds. The Kier molecular flexibility index (Phi) is 4.91. The summed E-state index contributed by atoms with van der Waals surface area (Å²) in [6.07, 6.45) is 1.10. The molecule has 0 aromatic heterocycles. The lowest BCUT2D eigenvalue weighted by Crippen LogP contribution is -2.17. The Balaban J connectivity index is 2.71. The van der Waals surface area contributed by atoms with Crippen molar-refractivity contribution in [3.63, 3.8) is 0 Å². The number of rotatable bonds is 4. The Morgan fingerprint density at radius 3 is 2.13 bits per heavy atom. The van der Waals surface area contributed by atoms with Gasteiger partial charge in [0.1, 0.15) is 0 Å². The van der Waals surface area contributed by atoms with Gasteiger partial charge in [0.25, 0.3) is 0 Å². The molecule has 0 heterocycles. The van der Waals surface area contributed by atoms with Gasteiger partial charge >= 0.3 is 0 Å². The third-order valence-corrected chi connectivity index (χ3v) is 2.77. The highest BCUT2D eigenvalue weighted by Crippen LogP contribution is 2.26. The smallest absolute Gasteiger partial charge is 0.0591 e. The molecule has 1 aromatic rings. The maximum Gasteiger partial charge on any atom is 0.0591 e. The van der Waals surface area contributed by atoms with E-state index >= 15 is 0 Å². The predicted octanol–water partition coefficient (Wildman–Crippen LogP) is 4.35. The van der Waals surface area contributed by atoms with E-state index in [2.05, 4.69) is 0 Å². The molecule has 0 aliphatic rings. The van der Waals surface area contributed by atoms with E-state index in [0.29, 0.717) is 10.0 Å². The van der Waals surface area contributed by atoms with Crippen LogP contribution in [0.15, 0.2) is 18.2 Å².